The normalized spacial score (nSPS) is 10.9. The number of benzene rings is 2. The van der Waals surface area contributed by atoms with Crippen LogP contribution in [0.5, 0.6) is 5.75 Å². The third-order valence-corrected chi connectivity index (χ3v) is 3.40. The minimum absolute atomic E-state index is 0.834. The third kappa shape index (κ3) is 1.97. The third-order valence-electron chi connectivity index (χ3n) is 3.40. The van der Waals surface area contributed by atoms with Crippen molar-refractivity contribution >= 4 is 11.0 Å². The molecular weight excluding hydrogens is 236 g/mol. The largest absolute Gasteiger partial charge is 0.497 e. The Morgan fingerprint density at radius 2 is 1.79 bits per heavy atom. The van der Waals surface area contributed by atoms with Crippen LogP contribution >= 0.6 is 0 Å². The van der Waals surface area contributed by atoms with Gasteiger partial charge in [0.05, 0.1) is 18.1 Å². The van der Waals surface area contributed by atoms with Gasteiger partial charge in [0.2, 0.25) is 0 Å². The van der Waals surface area contributed by atoms with E-state index in [-0.39, 0.29) is 0 Å². The number of ether oxygens (including phenoxy) is 1. The zero-order valence-corrected chi connectivity index (χ0v) is 11.3. The summed E-state index contributed by atoms with van der Waals surface area (Å²) in [6.07, 6.45) is 0. The van der Waals surface area contributed by atoms with Crippen molar-refractivity contribution in [2.45, 2.75) is 6.92 Å². The average Bonchev–Trinajstić information content (AvgIpc) is 2.76. The molecule has 1 heterocycles. The summed E-state index contributed by atoms with van der Waals surface area (Å²) in [4.78, 5) is 4.70. The highest BCUT2D eigenvalue weighted by Crippen LogP contribution is 2.26. The predicted octanol–water partition coefficient (Wildman–Crippen LogP) is 3.56. The molecule has 3 heteroatoms. The van der Waals surface area contributed by atoms with E-state index in [2.05, 4.69) is 35.8 Å². The smallest absolute Gasteiger partial charge is 0.140 e. The molecule has 3 rings (SSSR count). The molecule has 0 aliphatic heterocycles. The van der Waals surface area contributed by atoms with Crippen LogP contribution in [0.2, 0.25) is 0 Å². The molecule has 2 aromatic carbocycles. The Kier molecular flexibility index (Phi) is 2.75. The predicted molar refractivity (Wildman–Crippen MR) is 77.4 cm³/mol. The minimum atomic E-state index is 0.834. The molecule has 0 fully saturated rings. The van der Waals surface area contributed by atoms with Gasteiger partial charge in [-0.05, 0) is 19.1 Å². The van der Waals surface area contributed by atoms with E-state index in [0.29, 0.717) is 0 Å². The summed E-state index contributed by atoms with van der Waals surface area (Å²) in [5, 5.41) is 0. The van der Waals surface area contributed by atoms with Crippen molar-refractivity contribution in [3.05, 3.63) is 48.0 Å². The van der Waals surface area contributed by atoms with Gasteiger partial charge in [-0.1, -0.05) is 29.8 Å². The second kappa shape index (κ2) is 4.43. The first-order valence-electron chi connectivity index (χ1n) is 6.26. The van der Waals surface area contributed by atoms with E-state index in [9.17, 15) is 0 Å². The van der Waals surface area contributed by atoms with Gasteiger partial charge in [-0.15, -0.1) is 0 Å². The Morgan fingerprint density at radius 3 is 2.47 bits per heavy atom. The number of hydrogen-bond donors (Lipinski definition) is 0. The molecule has 96 valence electrons. The van der Waals surface area contributed by atoms with E-state index >= 15 is 0 Å². The molecule has 0 saturated heterocycles. The van der Waals surface area contributed by atoms with Crippen LogP contribution < -0.4 is 4.74 Å². The molecular formula is C16H16N2O. The van der Waals surface area contributed by atoms with Crippen LogP contribution in [-0.4, -0.2) is 16.7 Å². The Labute approximate surface area is 112 Å². The zero-order valence-electron chi connectivity index (χ0n) is 11.3. The Morgan fingerprint density at radius 1 is 1.05 bits per heavy atom. The van der Waals surface area contributed by atoms with Gasteiger partial charge in [-0.25, -0.2) is 4.98 Å². The fraction of sp³-hybridized carbons (Fsp3) is 0.188. The maximum atomic E-state index is 5.24. The number of methoxy groups -OCH3 is 1. The van der Waals surface area contributed by atoms with Gasteiger partial charge < -0.3 is 9.30 Å². The molecule has 0 saturated carbocycles. The Balaban J connectivity index is 2.19. The van der Waals surface area contributed by atoms with Gasteiger partial charge in [0.1, 0.15) is 11.6 Å². The second-order valence-corrected chi connectivity index (χ2v) is 4.72. The van der Waals surface area contributed by atoms with Gasteiger partial charge >= 0.3 is 0 Å². The summed E-state index contributed by atoms with van der Waals surface area (Å²) < 4.78 is 7.35. The van der Waals surface area contributed by atoms with E-state index in [1.54, 1.807) is 7.11 Å². The van der Waals surface area contributed by atoms with Crippen LogP contribution in [0, 0.1) is 6.92 Å². The number of aryl methyl sites for hydroxylation is 2. The summed E-state index contributed by atoms with van der Waals surface area (Å²) in [5.41, 5.74) is 4.45. The Hall–Kier alpha value is -2.29. The summed E-state index contributed by atoms with van der Waals surface area (Å²) in [7, 11) is 3.71. The minimum Gasteiger partial charge on any atom is -0.497 e. The van der Waals surface area contributed by atoms with Crippen LogP contribution in [0.25, 0.3) is 22.4 Å². The van der Waals surface area contributed by atoms with Crippen LogP contribution in [0.15, 0.2) is 42.5 Å². The monoisotopic (exact) mass is 252 g/mol. The molecule has 0 atom stereocenters. The number of rotatable bonds is 2. The standard InChI is InChI=1S/C16H16N2O/c1-11-4-6-12(7-5-11)16-17-14-10-13(19-3)8-9-15(14)18(16)2/h4-10H,1-3H3. The van der Waals surface area contributed by atoms with Crippen molar-refractivity contribution in [3.63, 3.8) is 0 Å². The lowest BCUT2D eigenvalue weighted by Gasteiger charge is -2.03. The molecule has 0 amide bonds. The fourth-order valence-electron chi connectivity index (χ4n) is 2.27. The van der Waals surface area contributed by atoms with Gasteiger partial charge in [0, 0.05) is 18.7 Å². The first kappa shape index (κ1) is 11.8. The molecule has 0 spiro atoms. The summed E-state index contributed by atoms with van der Waals surface area (Å²) in [6.45, 7) is 2.09. The molecule has 3 nitrogen and oxygen atoms in total. The molecule has 0 aliphatic rings. The maximum absolute atomic E-state index is 5.24. The highest BCUT2D eigenvalue weighted by molar-refractivity contribution is 5.81. The molecule has 0 N–H and O–H groups in total. The van der Waals surface area contributed by atoms with Crippen LogP contribution in [0.4, 0.5) is 0 Å². The van der Waals surface area contributed by atoms with E-state index < -0.39 is 0 Å². The van der Waals surface area contributed by atoms with E-state index in [0.717, 1.165) is 28.2 Å². The topological polar surface area (TPSA) is 27.1 Å². The number of fused-ring (bicyclic) bond motifs is 1. The number of aromatic nitrogens is 2. The SMILES string of the molecule is COc1ccc2c(c1)nc(-c1ccc(C)cc1)n2C. The lowest BCUT2D eigenvalue weighted by atomic mass is 10.1. The van der Waals surface area contributed by atoms with Crippen molar-refractivity contribution in [2.75, 3.05) is 7.11 Å². The van der Waals surface area contributed by atoms with Gasteiger partial charge in [0.25, 0.3) is 0 Å². The highest BCUT2D eigenvalue weighted by atomic mass is 16.5. The van der Waals surface area contributed by atoms with Gasteiger partial charge in [0.15, 0.2) is 0 Å². The number of hydrogen-bond acceptors (Lipinski definition) is 2. The fourth-order valence-corrected chi connectivity index (χ4v) is 2.27. The van der Waals surface area contributed by atoms with Crippen LogP contribution in [0.1, 0.15) is 5.56 Å². The van der Waals surface area contributed by atoms with Crippen molar-refractivity contribution < 1.29 is 4.74 Å². The summed E-state index contributed by atoms with van der Waals surface area (Å²) >= 11 is 0. The molecule has 1 aromatic heterocycles. The average molecular weight is 252 g/mol. The van der Waals surface area contributed by atoms with E-state index in [1.807, 2.05) is 25.2 Å². The van der Waals surface area contributed by atoms with E-state index in [1.165, 1.54) is 5.56 Å². The number of nitrogens with zero attached hydrogens (tertiary/aromatic N) is 2. The van der Waals surface area contributed by atoms with Crippen molar-refractivity contribution in [3.8, 4) is 17.1 Å². The van der Waals surface area contributed by atoms with Crippen LogP contribution in [0.3, 0.4) is 0 Å². The molecule has 0 aliphatic carbocycles. The molecule has 0 radical (unpaired) electrons. The first-order valence-corrected chi connectivity index (χ1v) is 6.26. The Bertz CT molecular complexity index is 726. The molecule has 0 bridgehead atoms. The van der Waals surface area contributed by atoms with Crippen molar-refractivity contribution in [2.24, 2.45) is 7.05 Å². The zero-order chi connectivity index (χ0) is 13.4. The quantitative estimate of drug-likeness (QED) is 0.697. The molecule has 19 heavy (non-hydrogen) atoms. The highest BCUT2D eigenvalue weighted by Gasteiger charge is 2.10. The van der Waals surface area contributed by atoms with E-state index in [4.69, 9.17) is 9.72 Å². The van der Waals surface area contributed by atoms with Gasteiger partial charge in [-0.3, -0.25) is 0 Å². The molecule has 0 unspecified atom stereocenters. The van der Waals surface area contributed by atoms with Crippen molar-refractivity contribution in [1.29, 1.82) is 0 Å². The summed E-state index contributed by atoms with van der Waals surface area (Å²) in [5.74, 6) is 1.81. The van der Waals surface area contributed by atoms with Gasteiger partial charge in [-0.2, -0.15) is 0 Å². The second-order valence-electron chi connectivity index (χ2n) is 4.72. The lowest BCUT2D eigenvalue weighted by Crippen LogP contribution is -1.92. The lowest BCUT2D eigenvalue weighted by molar-refractivity contribution is 0.415. The summed E-state index contributed by atoms with van der Waals surface area (Å²) in [6, 6.07) is 14.4. The maximum Gasteiger partial charge on any atom is 0.140 e. The molecule has 3 aromatic rings. The van der Waals surface area contributed by atoms with Crippen LogP contribution in [-0.2, 0) is 7.05 Å². The first-order chi connectivity index (χ1) is 9.19. The number of imidazole rings is 1. The van der Waals surface area contributed by atoms with Crippen molar-refractivity contribution in [1.82, 2.24) is 9.55 Å².